The first-order valence-electron chi connectivity index (χ1n) is 7.49. The van der Waals surface area contributed by atoms with Crippen molar-refractivity contribution >= 4 is 17.6 Å². The SMILES string of the molecule is O=CC1CCN(CCc2ccccc2)C(c2nccs2)C1. The first kappa shape index (κ1) is 14.4. The molecule has 2 aromatic rings. The van der Waals surface area contributed by atoms with Crippen LogP contribution in [0.1, 0.15) is 29.5 Å². The molecule has 0 saturated carbocycles. The summed E-state index contributed by atoms with van der Waals surface area (Å²) in [7, 11) is 0. The molecule has 1 saturated heterocycles. The Morgan fingerprint density at radius 3 is 2.90 bits per heavy atom. The van der Waals surface area contributed by atoms with Gasteiger partial charge in [0.15, 0.2) is 0 Å². The minimum Gasteiger partial charge on any atom is -0.303 e. The van der Waals surface area contributed by atoms with Gasteiger partial charge in [0.1, 0.15) is 11.3 Å². The quantitative estimate of drug-likeness (QED) is 0.794. The number of hydrogen-bond donors (Lipinski definition) is 0. The number of likely N-dealkylation sites (tertiary alicyclic amines) is 1. The predicted molar refractivity (Wildman–Crippen MR) is 85.4 cm³/mol. The molecule has 1 aliphatic heterocycles. The van der Waals surface area contributed by atoms with Crippen molar-refractivity contribution in [3.63, 3.8) is 0 Å². The third-order valence-corrected chi connectivity index (χ3v) is 5.09. The van der Waals surface area contributed by atoms with E-state index in [1.54, 1.807) is 11.3 Å². The Morgan fingerprint density at radius 1 is 1.33 bits per heavy atom. The normalized spacial score (nSPS) is 23.0. The molecule has 4 heteroatoms. The Kier molecular flexibility index (Phi) is 4.78. The van der Waals surface area contributed by atoms with E-state index in [1.165, 1.54) is 5.56 Å². The van der Waals surface area contributed by atoms with Crippen LogP contribution in [0, 0.1) is 5.92 Å². The molecule has 0 bridgehead atoms. The lowest BCUT2D eigenvalue weighted by atomic mass is 9.92. The average molecular weight is 300 g/mol. The smallest absolute Gasteiger partial charge is 0.123 e. The van der Waals surface area contributed by atoms with Gasteiger partial charge < -0.3 is 4.79 Å². The van der Waals surface area contributed by atoms with Crippen molar-refractivity contribution in [1.82, 2.24) is 9.88 Å². The fourth-order valence-electron chi connectivity index (χ4n) is 3.01. The van der Waals surface area contributed by atoms with Crippen molar-refractivity contribution in [1.29, 1.82) is 0 Å². The van der Waals surface area contributed by atoms with Gasteiger partial charge in [0.05, 0.1) is 6.04 Å². The zero-order valence-corrected chi connectivity index (χ0v) is 12.8. The average Bonchev–Trinajstić information content (AvgIpc) is 3.08. The molecule has 1 aliphatic rings. The summed E-state index contributed by atoms with van der Waals surface area (Å²) in [6.07, 6.45) is 5.91. The Labute approximate surface area is 129 Å². The van der Waals surface area contributed by atoms with Gasteiger partial charge in [0, 0.05) is 24.0 Å². The molecular formula is C17H20N2OS. The number of rotatable bonds is 5. The Morgan fingerprint density at radius 2 is 2.19 bits per heavy atom. The number of hydrogen-bond acceptors (Lipinski definition) is 4. The molecule has 1 aromatic heterocycles. The number of benzene rings is 1. The van der Waals surface area contributed by atoms with Crippen LogP contribution in [0.25, 0.3) is 0 Å². The standard InChI is InChI=1S/C17H20N2OS/c20-13-15-7-10-19(9-6-14-4-2-1-3-5-14)16(12-15)17-18-8-11-21-17/h1-5,8,11,13,15-16H,6-7,9-10,12H2. The molecule has 0 amide bonds. The summed E-state index contributed by atoms with van der Waals surface area (Å²) in [5.41, 5.74) is 1.37. The first-order chi connectivity index (χ1) is 10.4. The van der Waals surface area contributed by atoms with Crippen LogP contribution in [-0.2, 0) is 11.2 Å². The van der Waals surface area contributed by atoms with E-state index in [0.29, 0.717) is 6.04 Å². The fourth-order valence-corrected chi connectivity index (χ4v) is 3.79. The predicted octanol–water partition coefficient (Wildman–Crippen LogP) is 3.34. The molecule has 2 atom stereocenters. The first-order valence-corrected chi connectivity index (χ1v) is 8.37. The summed E-state index contributed by atoms with van der Waals surface area (Å²) in [5, 5.41) is 3.17. The number of carbonyl (C=O) groups is 1. The third kappa shape index (κ3) is 3.57. The Hall–Kier alpha value is -1.52. The molecule has 0 radical (unpaired) electrons. The second kappa shape index (κ2) is 6.96. The summed E-state index contributed by atoms with van der Waals surface area (Å²) < 4.78 is 0. The molecule has 0 aliphatic carbocycles. The summed E-state index contributed by atoms with van der Waals surface area (Å²) in [6.45, 7) is 2.01. The van der Waals surface area contributed by atoms with Gasteiger partial charge in [-0.25, -0.2) is 4.98 Å². The van der Waals surface area contributed by atoms with Crippen LogP contribution in [0.3, 0.4) is 0 Å². The summed E-state index contributed by atoms with van der Waals surface area (Å²) in [6, 6.07) is 10.9. The number of piperidine rings is 1. The van der Waals surface area contributed by atoms with E-state index in [-0.39, 0.29) is 5.92 Å². The maximum absolute atomic E-state index is 11.1. The van der Waals surface area contributed by atoms with Crippen molar-refractivity contribution in [3.05, 3.63) is 52.5 Å². The van der Waals surface area contributed by atoms with Gasteiger partial charge in [-0.2, -0.15) is 0 Å². The van der Waals surface area contributed by atoms with E-state index in [9.17, 15) is 4.79 Å². The molecule has 21 heavy (non-hydrogen) atoms. The zero-order chi connectivity index (χ0) is 14.5. The molecule has 3 rings (SSSR count). The molecule has 2 unspecified atom stereocenters. The van der Waals surface area contributed by atoms with Crippen LogP contribution < -0.4 is 0 Å². The number of aromatic nitrogens is 1. The number of aldehydes is 1. The van der Waals surface area contributed by atoms with Gasteiger partial charge in [0.25, 0.3) is 0 Å². The van der Waals surface area contributed by atoms with E-state index in [0.717, 1.165) is 43.6 Å². The molecule has 1 aromatic carbocycles. The number of thiazole rings is 1. The fraction of sp³-hybridized carbons (Fsp3) is 0.412. The maximum Gasteiger partial charge on any atom is 0.123 e. The highest BCUT2D eigenvalue weighted by molar-refractivity contribution is 7.09. The highest BCUT2D eigenvalue weighted by atomic mass is 32.1. The molecular weight excluding hydrogens is 280 g/mol. The minimum absolute atomic E-state index is 0.187. The van der Waals surface area contributed by atoms with E-state index in [2.05, 4.69) is 40.2 Å². The van der Waals surface area contributed by atoms with Crippen molar-refractivity contribution in [2.75, 3.05) is 13.1 Å². The van der Waals surface area contributed by atoms with Crippen molar-refractivity contribution in [2.24, 2.45) is 5.92 Å². The molecule has 110 valence electrons. The van der Waals surface area contributed by atoms with Crippen molar-refractivity contribution in [2.45, 2.75) is 25.3 Å². The molecule has 0 spiro atoms. The van der Waals surface area contributed by atoms with Crippen LogP contribution >= 0.6 is 11.3 Å². The zero-order valence-electron chi connectivity index (χ0n) is 12.0. The maximum atomic E-state index is 11.1. The highest BCUT2D eigenvalue weighted by Crippen LogP contribution is 2.34. The lowest BCUT2D eigenvalue weighted by molar-refractivity contribution is -0.113. The van der Waals surface area contributed by atoms with Gasteiger partial charge in [-0.3, -0.25) is 4.90 Å². The minimum atomic E-state index is 0.187. The van der Waals surface area contributed by atoms with E-state index in [1.807, 2.05) is 11.6 Å². The molecule has 2 heterocycles. The Bertz CT molecular complexity index is 555. The summed E-state index contributed by atoms with van der Waals surface area (Å²) >= 11 is 1.70. The second-order valence-corrected chi connectivity index (χ2v) is 6.50. The van der Waals surface area contributed by atoms with Crippen LogP contribution in [-0.4, -0.2) is 29.3 Å². The molecule has 3 nitrogen and oxygen atoms in total. The monoisotopic (exact) mass is 300 g/mol. The largest absolute Gasteiger partial charge is 0.303 e. The number of nitrogens with zero attached hydrogens (tertiary/aromatic N) is 2. The third-order valence-electron chi connectivity index (χ3n) is 4.21. The summed E-state index contributed by atoms with van der Waals surface area (Å²) in [4.78, 5) is 18.1. The van der Waals surface area contributed by atoms with Crippen LogP contribution in [0.4, 0.5) is 0 Å². The van der Waals surface area contributed by atoms with Crippen LogP contribution in [0.5, 0.6) is 0 Å². The van der Waals surface area contributed by atoms with E-state index < -0.39 is 0 Å². The van der Waals surface area contributed by atoms with Gasteiger partial charge >= 0.3 is 0 Å². The second-order valence-electron chi connectivity index (χ2n) is 5.58. The number of carbonyl (C=O) groups excluding carboxylic acids is 1. The van der Waals surface area contributed by atoms with E-state index in [4.69, 9.17) is 0 Å². The van der Waals surface area contributed by atoms with Gasteiger partial charge in [-0.1, -0.05) is 30.3 Å². The molecule has 1 fully saturated rings. The lowest BCUT2D eigenvalue weighted by Crippen LogP contribution is -2.38. The van der Waals surface area contributed by atoms with Gasteiger partial charge in [-0.15, -0.1) is 11.3 Å². The van der Waals surface area contributed by atoms with Crippen molar-refractivity contribution < 1.29 is 4.79 Å². The van der Waals surface area contributed by atoms with Gasteiger partial charge in [0.2, 0.25) is 0 Å². The summed E-state index contributed by atoms with van der Waals surface area (Å²) in [5.74, 6) is 0.187. The topological polar surface area (TPSA) is 33.2 Å². The van der Waals surface area contributed by atoms with Crippen LogP contribution in [0.2, 0.25) is 0 Å². The van der Waals surface area contributed by atoms with E-state index >= 15 is 0 Å². The Balaban J connectivity index is 1.68. The highest BCUT2D eigenvalue weighted by Gasteiger charge is 2.30. The molecule has 0 N–H and O–H groups in total. The lowest BCUT2D eigenvalue weighted by Gasteiger charge is -2.37. The van der Waals surface area contributed by atoms with Crippen molar-refractivity contribution in [3.8, 4) is 0 Å². The van der Waals surface area contributed by atoms with Gasteiger partial charge in [-0.05, 0) is 31.4 Å². The van der Waals surface area contributed by atoms with Crippen LogP contribution in [0.15, 0.2) is 41.9 Å².